The first-order chi connectivity index (χ1) is 14.7. The van der Waals surface area contributed by atoms with Gasteiger partial charge in [0.1, 0.15) is 11.5 Å². The lowest BCUT2D eigenvalue weighted by molar-refractivity contribution is 0.102. The van der Waals surface area contributed by atoms with Gasteiger partial charge in [0, 0.05) is 22.7 Å². The van der Waals surface area contributed by atoms with E-state index < -0.39 is 11.7 Å². The molecule has 0 unspecified atom stereocenters. The molecule has 3 heterocycles. The van der Waals surface area contributed by atoms with Gasteiger partial charge in [-0.05, 0) is 18.2 Å². The molecule has 0 aliphatic rings. The maximum Gasteiger partial charge on any atom is 0.259 e. The Hall–Kier alpha value is -3.91. The summed E-state index contributed by atoms with van der Waals surface area (Å²) in [5.41, 5.74) is 2.23. The van der Waals surface area contributed by atoms with Crippen LogP contribution in [0.3, 0.4) is 0 Å². The number of pyridine rings is 1. The third-order valence-corrected chi connectivity index (χ3v) is 5.23. The molecule has 1 N–H and O–H groups in total. The van der Waals surface area contributed by atoms with Crippen LogP contribution in [-0.2, 0) is 0 Å². The highest BCUT2D eigenvalue weighted by Crippen LogP contribution is 2.33. The number of carbonyl (C=O) groups excluding carboxylic acids is 1. The van der Waals surface area contributed by atoms with Gasteiger partial charge in [0.25, 0.3) is 11.6 Å². The second kappa shape index (κ2) is 7.49. The van der Waals surface area contributed by atoms with Gasteiger partial charge >= 0.3 is 0 Å². The van der Waals surface area contributed by atoms with E-state index in [-0.39, 0.29) is 22.5 Å². The molecule has 0 spiro atoms. The van der Waals surface area contributed by atoms with E-state index in [1.54, 1.807) is 35.8 Å². The molecule has 6 nitrogen and oxygen atoms in total. The second-order valence-corrected chi connectivity index (χ2v) is 7.30. The van der Waals surface area contributed by atoms with Gasteiger partial charge < -0.3 is 4.52 Å². The second-order valence-electron chi connectivity index (χ2n) is 6.40. The van der Waals surface area contributed by atoms with Gasteiger partial charge in [0.05, 0.1) is 16.6 Å². The number of halogens is 1. The summed E-state index contributed by atoms with van der Waals surface area (Å²) in [4.78, 5) is 21.7. The van der Waals surface area contributed by atoms with Crippen LogP contribution in [0.5, 0.6) is 0 Å². The Morgan fingerprint density at radius 3 is 2.63 bits per heavy atom. The van der Waals surface area contributed by atoms with Crippen LogP contribution < -0.4 is 5.32 Å². The van der Waals surface area contributed by atoms with Crippen LogP contribution >= 0.6 is 11.3 Å². The molecule has 5 aromatic rings. The first-order valence-corrected chi connectivity index (χ1v) is 9.90. The number of nitrogens with zero attached hydrogens (tertiary/aromatic N) is 3. The quantitative estimate of drug-likeness (QED) is 0.424. The van der Waals surface area contributed by atoms with Gasteiger partial charge in [-0.3, -0.25) is 10.1 Å². The Labute approximate surface area is 174 Å². The molecule has 0 aliphatic carbocycles. The highest BCUT2D eigenvalue weighted by Gasteiger charge is 2.23. The molecule has 3 aromatic heterocycles. The highest BCUT2D eigenvalue weighted by molar-refractivity contribution is 7.13. The van der Waals surface area contributed by atoms with E-state index in [0.29, 0.717) is 16.2 Å². The predicted octanol–water partition coefficient (Wildman–Crippen LogP) is 5.40. The summed E-state index contributed by atoms with van der Waals surface area (Å²) < 4.78 is 19.8. The summed E-state index contributed by atoms with van der Waals surface area (Å²) in [7, 11) is 0. The van der Waals surface area contributed by atoms with Crippen molar-refractivity contribution in [2.45, 2.75) is 0 Å². The van der Waals surface area contributed by atoms with Crippen molar-refractivity contribution in [3.05, 3.63) is 83.6 Å². The molecule has 0 saturated heterocycles. The molecule has 0 radical (unpaired) electrons. The number of carbonyl (C=O) groups is 1. The van der Waals surface area contributed by atoms with E-state index in [9.17, 15) is 9.18 Å². The van der Waals surface area contributed by atoms with Crippen LogP contribution in [0.2, 0.25) is 0 Å². The number of nitrogens with one attached hydrogen (secondary N) is 1. The number of hydrogen-bond donors (Lipinski definition) is 1. The Kier molecular flexibility index (Phi) is 4.53. The smallest absolute Gasteiger partial charge is 0.259 e. The minimum Gasteiger partial charge on any atom is -0.335 e. The minimum absolute atomic E-state index is 0.152. The summed E-state index contributed by atoms with van der Waals surface area (Å²) in [5, 5.41) is 9.58. The number of amides is 1. The molecule has 0 saturated carbocycles. The molecular formula is C22H13FN4O2S. The number of anilines is 1. The lowest BCUT2D eigenvalue weighted by Crippen LogP contribution is -2.13. The van der Waals surface area contributed by atoms with Crippen molar-refractivity contribution in [3.63, 3.8) is 0 Å². The van der Waals surface area contributed by atoms with Crippen LogP contribution in [-0.4, -0.2) is 21.0 Å². The standard InChI is InChI=1S/C22H13FN4O2S/c23-16-9-5-4-8-14(16)17-12-15(20(28)26-22-24-10-11-30-22)18-19(27-29-21(18)25-17)13-6-2-1-3-7-13/h1-12H,(H,24,26,28). The van der Waals surface area contributed by atoms with Gasteiger partial charge in [-0.25, -0.2) is 14.4 Å². The summed E-state index contributed by atoms with van der Waals surface area (Å²) in [6, 6.07) is 17.1. The molecule has 146 valence electrons. The lowest BCUT2D eigenvalue weighted by Gasteiger charge is -2.08. The number of hydrogen-bond acceptors (Lipinski definition) is 6. The zero-order chi connectivity index (χ0) is 20.5. The fourth-order valence-corrected chi connectivity index (χ4v) is 3.70. The van der Waals surface area contributed by atoms with E-state index >= 15 is 0 Å². The molecule has 0 atom stereocenters. The van der Waals surface area contributed by atoms with Crippen LogP contribution in [0.1, 0.15) is 10.4 Å². The van der Waals surface area contributed by atoms with Gasteiger partial charge in [0.15, 0.2) is 5.13 Å². The zero-order valence-corrected chi connectivity index (χ0v) is 16.2. The maximum absolute atomic E-state index is 14.4. The fourth-order valence-electron chi connectivity index (χ4n) is 3.18. The average Bonchev–Trinajstić information content (AvgIpc) is 3.44. The normalized spacial score (nSPS) is 11.0. The summed E-state index contributed by atoms with van der Waals surface area (Å²) in [6.45, 7) is 0. The number of benzene rings is 2. The van der Waals surface area contributed by atoms with Crippen LogP contribution in [0, 0.1) is 5.82 Å². The SMILES string of the molecule is O=C(Nc1nccs1)c1cc(-c2ccccc2F)nc2onc(-c3ccccc3)c12. The molecule has 0 aliphatic heterocycles. The predicted molar refractivity (Wildman–Crippen MR) is 113 cm³/mol. The zero-order valence-electron chi connectivity index (χ0n) is 15.4. The van der Waals surface area contributed by atoms with E-state index in [4.69, 9.17) is 4.52 Å². The average molecular weight is 416 g/mol. The highest BCUT2D eigenvalue weighted by atomic mass is 32.1. The van der Waals surface area contributed by atoms with Gasteiger partial charge in [-0.2, -0.15) is 0 Å². The molecule has 5 rings (SSSR count). The Bertz CT molecular complexity index is 1350. The summed E-state index contributed by atoms with van der Waals surface area (Å²) >= 11 is 1.30. The number of aromatic nitrogens is 3. The van der Waals surface area contributed by atoms with E-state index in [2.05, 4.69) is 20.4 Å². The molecule has 2 aromatic carbocycles. The molecule has 1 amide bonds. The fraction of sp³-hybridized carbons (Fsp3) is 0. The molecular weight excluding hydrogens is 403 g/mol. The van der Waals surface area contributed by atoms with Gasteiger partial charge in [-0.15, -0.1) is 11.3 Å². The largest absolute Gasteiger partial charge is 0.335 e. The molecule has 0 fully saturated rings. The summed E-state index contributed by atoms with van der Waals surface area (Å²) in [6.07, 6.45) is 1.60. The first-order valence-electron chi connectivity index (χ1n) is 9.02. The van der Waals surface area contributed by atoms with Crippen molar-refractivity contribution in [1.29, 1.82) is 0 Å². The van der Waals surface area contributed by atoms with E-state index in [1.807, 2.05) is 30.3 Å². The van der Waals surface area contributed by atoms with Crippen molar-refractivity contribution in [1.82, 2.24) is 15.1 Å². The Balaban J connectivity index is 1.73. The van der Waals surface area contributed by atoms with Gasteiger partial charge in [0.2, 0.25) is 0 Å². The number of rotatable bonds is 4. The summed E-state index contributed by atoms with van der Waals surface area (Å²) in [5.74, 6) is -0.853. The van der Waals surface area contributed by atoms with Crippen LogP contribution in [0.4, 0.5) is 9.52 Å². The van der Waals surface area contributed by atoms with Crippen molar-refractivity contribution in [2.75, 3.05) is 5.32 Å². The monoisotopic (exact) mass is 416 g/mol. The topological polar surface area (TPSA) is 80.9 Å². The van der Waals surface area contributed by atoms with E-state index in [0.717, 1.165) is 5.56 Å². The van der Waals surface area contributed by atoms with Gasteiger partial charge in [-0.1, -0.05) is 47.6 Å². The van der Waals surface area contributed by atoms with Crippen molar-refractivity contribution in [3.8, 4) is 22.5 Å². The Morgan fingerprint density at radius 2 is 1.87 bits per heavy atom. The number of fused-ring (bicyclic) bond motifs is 1. The van der Waals surface area contributed by atoms with Crippen molar-refractivity contribution in [2.24, 2.45) is 0 Å². The molecule has 8 heteroatoms. The maximum atomic E-state index is 14.4. The Morgan fingerprint density at radius 1 is 1.07 bits per heavy atom. The van der Waals surface area contributed by atoms with Crippen LogP contribution in [0.25, 0.3) is 33.6 Å². The third kappa shape index (κ3) is 3.23. The third-order valence-electron chi connectivity index (χ3n) is 4.54. The molecule has 0 bridgehead atoms. The number of thiazole rings is 1. The van der Waals surface area contributed by atoms with Crippen LogP contribution in [0.15, 0.2) is 76.8 Å². The minimum atomic E-state index is -0.446. The molecule has 30 heavy (non-hydrogen) atoms. The van der Waals surface area contributed by atoms with Crippen molar-refractivity contribution >= 4 is 33.5 Å². The first kappa shape index (κ1) is 18.1. The van der Waals surface area contributed by atoms with E-state index in [1.165, 1.54) is 17.4 Å². The van der Waals surface area contributed by atoms with Crippen molar-refractivity contribution < 1.29 is 13.7 Å². The lowest BCUT2D eigenvalue weighted by atomic mass is 10.0.